The van der Waals surface area contributed by atoms with Crippen LogP contribution in [0.15, 0.2) is 24.3 Å². The molecule has 1 saturated carbocycles. The molecule has 0 spiro atoms. The summed E-state index contributed by atoms with van der Waals surface area (Å²) in [5, 5.41) is 17.8. The Kier molecular flexibility index (Phi) is 3.53. The standard InChI is InChI=1S/C13H12ClNO4S/c1-2-20(18,19)11-10(13(11,7-15)12(16)17)8-3-5-9(14)6-4-8/h3-6,10-11H,2H2,1H3,(H,16,17)/t10-,11+,13-/m0/s1. The van der Waals surface area contributed by atoms with Crippen molar-refractivity contribution < 1.29 is 18.3 Å². The second kappa shape index (κ2) is 4.76. The highest BCUT2D eigenvalue weighted by molar-refractivity contribution is 7.92. The number of hydrogen-bond acceptors (Lipinski definition) is 4. The minimum Gasteiger partial charge on any atom is -0.480 e. The van der Waals surface area contributed by atoms with E-state index < -0.39 is 32.4 Å². The van der Waals surface area contributed by atoms with E-state index in [4.69, 9.17) is 11.6 Å². The minimum atomic E-state index is -3.63. The summed E-state index contributed by atoms with van der Waals surface area (Å²) in [6.07, 6.45) is 0. The third-order valence-electron chi connectivity index (χ3n) is 3.69. The molecule has 7 heteroatoms. The van der Waals surface area contributed by atoms with Gasteiger partial charge in [0.25, 0.3) is 0 Å². The van der Waals surface area contributed by atoms with Crippen molar-refractivity contribution in [2.45, 2.75) is 18.1 Å². The van der Waals surface area contributed by atoms with Crippen molar-refractivity contribution in [3.8, 4) is 6.07 Å². The molecule has 20 heavy (non-hydrogen) atoms. The quantitative estimate of drug-likeness (QED) is 0.915. The van der Waals surface area contributed by atoms with Crippen LogP contribution in [0.25, 0.3) is 0 Å². The van der Waals surface area contributed by atoms with Gasteiger partial charge >= 0.3 is 5.97 Å². The van der Waals surface area contributed by atoms with Gasteiger partial charge < -0.3 is 5.11 Å². The van der Waals surface area contributed by atoms with Gasteiger partial charge in [0.2, 0.25) is 0 Å². The van der Waals surface area contributed by atoms with Gasteiger partial charge in [0, 0.05) is 16.7 Å². The zero-order valence-corrected chi connectivity index (χ0v) is 12.1. The summed E-state index contributed by atoms with van der Waals surface area (Å²) >= 11 is 5.76. The Bertz CT molecular complexity index is 692. The fourth-order valence-electron chi connectivity index (χ4n) is 2.57. The smallest absolute Gasteiger partial charge is 0.326 e. The number of nitrogens with zero attached hydrogens (tertiary/aromatic N) is 1. The fourth-order valence-corrected chi connectivity index (χ4v) is 4.63. The summed E-state index contributed by atoms with van der Waals surface area (Å²) in [6, 6.07) is 7.92. The van der Waals surface area contributed by atoms with E-state index in [1.54, 1.807) is 30.3 Å². The molecular formula is C13H12ClNO4S. The first-order valence-corrected chi connectivity index (χ1v) is 8.02. The molecule has 1 fully saturated rings. The molecule has 1 aliphatic rings. The van der Waals surface area contributed by atoms with E-state index in [0.717, 1.165) is 0 Å². The number of aliphatic carboxylic acids is 1. The van der Waals surface area contributed by atoms with Gasteiger partial charge in [-0.2, -0.15) is 5.26 Å². The monoisotopic (exact) mass is 313 g/mol. The average Bonchev–Trinajstić information content (AvgIpc) is 3.11. The highest BCUT2D eigenvalue weighted by Gasteiger charge is 2.76. The van der Waals surface area contributed by atoms with Gasteiger partial charge in [0.1, 0.15) is 5.25 Å². The molecular weight excluding hydrogens is 302 g/mol. The van der Waals surface area contributed by atoms with Crippen molar-refractivity contribution in [1.29, 1.82) is 5.26 Å². The molecule has 106 valence electrons. The first kappa shape index (κ1) is 14.8. The molecule has 2 rings (SSSR count). The normalized spacial score (nSPS) is 28.6. The Morgan fingerprint density at radius 2 is 2.00 bits per heavy atom. The molecule has 1 aliphatic carbocycles. The summed E-state index contributed by atoms with van der Waals surface area (Å²) < 4.78 is 24.1. The fraction of sp³-hybridized carbons (Fsp3) is 0.385. The predicted molar refractivity (Wildman–Crippen MR) is 73.1 cm³/mol. The summed E-state index contributed by atoms with van der Waals surface area (Å²) in [5.74, 6) is -2.45. The molecule has 0 amide bonds. The average molecular weight is 314 g/mol. The van der Waals surface area contributed by atoms with Gasteiger partial charge in [-0.1, -0.05) is 30.7 Å². The van der Waals surface area contributed by atoms with Crippen LogP contribution in [0.4, 0.5) is 0 Å². The van der Waals surface area contributed by atoms with Gasteiger partial charge in [-0.05, 0) is 17.7 Å². The number of sulfone groups is 1. The lowest BCUT2D eigenvalue weighted by Crippen LogP contribution is -2.23. The van der Waals surface area contributed by atoms with Crippen LogP contribution in [0.5, 0.6) is 0 Å². The van der Waals surface area contributed by atoms with Crippen molar-refractivity contribution in [2.75, 3.05) is 5.75 Å². The maximum Gasteiger partial charge on any atom is 0.326 e. The molecule has 0 aromatic heterocycles. The predicted octanol–water partition coefficient (Wildman–Crippen LogP) is 1.84. The molecule has 5 nitrogen and oxygen atoms in total. The second-order valence-corrected chi connectivity index (χ2v) is 7.53. The maximum absolute atomic E-state index is 12.1. The SMILES string of the molecule is CCS(=O)(=O)[C@@H]1[C@H](c2ccc(Cl)cc2)[C@]1(C#N)C(=O)O. The molecule has 0 radical (unpaired) electrons. The number of nitriles is 1. The summed E-state index contributed by atoms with van der Waals surface area (Å²) in [6.45, 7) is 1.44. The number of carbonyl (C=O) groups is 1. The van der Waals surface area contributed by atoms with E-state index >= 15 is 0 Å². The summed E-state index contributed by atoms with van der Waals surface area (Å²) in [5.41, 5.74) is -1.40. The van der Waals surface area contributed by atoms with E-state index in [0.29, 0.717) is 10.6 Å². The Labute approximate surface area is 121 Å². The number of benzene rings is 1. The lowest BCUT2D eigenvalue weighted by atomic mass is 10.0. The molecule has 1 N–H and O–H groups in total. The Hall–Kier alpha value is -1.58. The highest BCUT2D eigenvalue weighted by atomic mass is 35.5. The van der Waals surface area contributed by atoms with E-state index in [1.807, 2.05) is 0 Å². The van der Waals surface area contributed by atoms with Crippen LogP contribution < -0.4 is 0 Å². The van der Waals surface area contributed by atoms with Crippen LogP contribution in [0.3, 0.4) is 0 Å². The largest absolute Gasteiger partial charge is 0.480 e. The second-order valence-electron chi connectivity index (χ2n) is 4.69. The van der Waals surface area contributed by atoms with Gasteiger partial charge in [-0.3, -0.25) is 4.79 Å². The molecule has 0 unspecified atom stereocenters. The Morgan fingerprint density at radius 3 is 2.40 bits per heavy atom. The van der Waals surface area contributed by atoms with Crippen molar-refractivity contribution in [2.24, 2.45) is 5.41 Å². The van der Waals surface area contributed by atoms with Crippen LogP contribution >= 0.6 is 11.6 Å². The van der Waals surface area contributed by atoms with Crippen molar-refractivity contribution in [1.82, 2.24) is 0 Å². The molecule has 1 aromatic rings. The number of halogens is 1. The summed E-state index contributed by atoms with van der Waals surface area (Å²) in [7, 11) is -3.63. The Morgan fingerprint density at radius 1 is 1.45 bits per heavy atom. The van der Waals surface area contributed by atoms with Crippen molar-refractivity contribution >= 4 is 27.4 Å². The third-order valence-corrected chi connectivity index (χ3v) is 6.16. The molecule has 1 aromatic carbocycles. The number of carboxylic acid groups (broad SMARTS) is 1. The maximum atomic E-state index is 12.1. The molecule has 0 heterocycles. The minimum absolute atomic E-state index is 0.196. The molecule has 0 aliphatic heterocycles. The third kappa shape index (κ3) is 1.98. The van der Waals surface area contributed by atoms with Crippen molar-refractivity contribution in [3.63, 3.8) is 0 Å². The van der Waals surface area contributed by atoms with Crippen LogP contribution in [0.2, 0.25) is 5.02 Å². The number of hydrogen-bond donors (Lipinski definition) is 1. The zero-order valence-electron chi connectivity index (χ0n) is 10.6. The molecule has 0 saturated heterocycles. The first-order valence-electron chi connectivity index (χ1n) is 5.93. The van der Waals surface area contributed by atoms with E-state index in [2.05, 4.69) is 0 Å². The van der Waals surface area contributed by atoms with E-state index in [1.165, 1.54) is 6.92 Å². The topological polar surface area (TPSA) is 95.2 Å². The zero-order chi connectivity index (χ0) is 15.1. The van der Waals surface area contributed by atoms with Gasteiger partial charge in [0.05, 0.1) is 6.07 Å². The summed E-state index contributed by atoms with van der Waals surface area (Å²) in [4.78, 5) is 11.4. The van der Waals surface area contributed by atoms with Gasteiger partial charge in [-0.25, -0.2) is 8.42 Å². The van der Waals surface area contributed by atoms with Crippen molar-refractivity contribution in [3.05, 3.63) is 34.9 Å². The lowest BCUT2D eigenvalue weighted by Gasteiger charge is -2.02. The highest BCUT2D eigenvalue weighted by Crippen LogP contribution is 2.63. The van der Waals surface area contributed by atoms with Crippen LogP contribution in [0.1, 0.15) is 18.4 Å². The first-order chi connectivity index (χ1) is 9.31. The molecule has 3 atom stereocenters. The van der Waals surface area contributed by atoms with Crippen LogP contribution in [-0.4, -0.2) is 30.5 Å². The lowest BCUT2D eigenvalue weighted by molar-refractivity contribution is -0.141. The van der Waals surface area contributed by atoms with Crippen LogP contribution in [0, 0.1) is 16.7 Å². The number of carboxylic acids is 1. The Balaban J connectivity index is 2.54. The van der Waals surface area contributed by atoms with E-state index in [9.17, 15) is 23.6 Å². The molecule has 0 bridgehead atoms. The van der Waals surface area contributed by atoms with Gasteiger partial charge in [-0.15, -0.1) is 0 Å². The van der Waals surface area contributed by atoms with Crippen LogP contribution in [-0.2, 0) is 14.6 Å². The van der Waals surface area contributed by atoms with Gasteiger partial charge in [0.15, 0.2) is 15.3 Å². The number of rotatable bonds is 4. The van der Waals surface area contributed by atoms with E-state index in [-0.39, 0.29) is 5.75 Å².